The first-order valence-electron chi connectivity index (χ1n) is 5.61. The molecule has 98 valence electrons. The first kappa shape index (κ1) is 14.6. The van der Waals surface area contributed by atoms with Gasteiger partial charge in [0.05, 0.1) is 17.1 Å². The maximum absolute atomic E-state index is 11.7. The summed E-state index contributed by atoms with van der Waals surface area (Å²) < 4.78 is 4.91. The quantitative estimate of drug-likeness (QED) is 0.350. The molecule has 0 saturated heterocycles. The number of nitro benzene ring substituents is 1. The molecule has 5 nitrogen and oxygen atoms in total. The Labute approximate surface area is 113 Å². The van der Waals surface area contributed by atoms with Gasteiger partial charge in [0, 0.05) is 17.0 Å². The summed E-state index contributed by atoms with van der Waals surface area (Å²) in [7, 11) is 0. The lowest BCUT2D eigenvalue weighted by Crippen LogP contribution is -2.10. The van der Waals surface area contributed by atoms with E-state index in [1.807, 2.05) is 0 Å². The maximum Gasteiger partial charge on any atom is 0.338 e. The normalized spacial score (nSPS) is 10.1. The van der Waals surface area contributed by atoms with Gasteiger partial charge in [-0.25, -0.2) is 4.79 Å². The number of ether oxygens (including phenoxy) is 1. The number of carbonyl (C=O) groups is 1. The van der Waals surface area contributed by atoms with Gasteiger partial charge in [-0.3, -0.25) is 10.1 Å². The second-order valence-corrected chi connectivity index (χ2v) is 4.37. The highest BCUT2D eigenvalue weighted by atomic mass is 79.9. The van der Waals surface area contributed by atoms with E-state index in [-0.39, 0.29) is 17.9 Å². The number of hydrogen-bond donors (Lipinski definition) is 0. The summed E-state index contributed by atoms with van der Waals surface area (Å²) >= 11 is 3.27. The Kier molecular flexibility index (Phi) is 5.77. The summed E-state index contributed by atoms with van der Waals surface area (Å²) in [5.74, 6) is -0.509. The molecule has 0 saturated carbocycles. The molecule has 0 radical (unpaired) electrons. The van der Waals surface area contributed by atoms with Crippen LogP contribution in [-0.2, 0) is 11.2 Å². The number of rotatable bonds is 6. The lowest BCUT2D eigenvalue weighted by Gasteiger charge is -2.08. The highest BCUT2D eigenvalue weighted by molar-refractivity contribution is 9.09. The average Bonchev–Trinajstić information content (AvgIpc) is 2.36. The minimum absolute atomic E-state index is 0.0264. The van der Waals surface area contributed by atoms with Crippen molar-refractivity contribution in [1.29, 1.82) is 0 Å². The third-order valence-electron chi connectivity index (χ3n) is 2.40. The monoisotopic (exact) mass is 315 g/mol. The van der Waals surface area contributed by atoms with E-state index in [9.17, 15) is 14.9 Å². The minimum atomic E-state index is -0.509. The maximum atomic E-state index is 11.7. The minimum Gasteiger partial charge on any atom is -0.462 e. The van der Waals surface area contributed by atoms with Gasteiger partial charge in [-0.1, -0.05) is 22.0 Å². The van der Waals surface area contributed by atoms with Crippen LogP contribution in [0.1, 0.15) is 29.3 Å². The fourth-order valence-corrected chi connectivity index (χ4v) is 1.93. The van der Waals surface area contributed by atoms with Crippen molar-refractivity contribution in [2.24, 2.45) is 0 Å². The highest BCUT2D eigenvalue weighted by Gasteiger charge is 2.21. The van der Waals surface area contributed by atoms with E-state index in [1.54, 1.807) is 13.0 Å². The Balaban J connectivity index is 3.18. The number of nitro groups is 1. The van der Waals surface area contributed by atoms with E-state index in [4.69, 9.17) is 4.74 Å². The molecule has 18 heavy (non-hydrogen) atoms. The van der Waals surface area contributed by atoms with Crippen LogP contribution < -0.4 is 0 Å². The molecule has 0 spiro atoms. The Morgan fingerprint density at radius 1 is 1.50 bits per heavy atom. The van der Waals surface area contributed by atoms with Gasteiger partial charge in [-0.15, -0.1) is 0 Å². The molecule has 6 heteroatoms. The summed E-state index contributed by atoms with van der Waals surface area (Å²) in [6.45, 7) is 1.95. The van der Waals surface area contributed by atoms with Crippen molar-refractivity contribution in [1.82, 2.24) is 0 Å². The van der Waals surface area contributed by atoms with Crippen LogP contribution in [0.25, 0.3) is 0 Å². The van der Waals surface area contributed by atoms with Crippen LogP contribution in [0.5, 0.6) is 0 Å². The van der Waals surface area contributed by atoms with Crippen LogP contribution in [0.3, 0.4) is 0 Å². The van der Waals surface area contributed by atoms with Gasteiger partial charge in [0.15, 0.2) is 0 Å². The topological polar surface area (TPSA) is 69.4 Å². The van der Waals surface area contributed by atoms with Crippen molar-refractivity contribution in [2.45, 2.75) is 19.8 Å². The van der Waals surface area contributed by atoms with E-state index in [0.717, 1.165) is 11.8 Å². The number of benzene rings is 1. The van der Waals surface area contributed by atoms with E-state index >= 15 is 0 Å². The molecule has 0 aromatic heterocycles. The number of esters is 1. The van der Waals surface area contributed by atoms with Crippen LogP contribution in [0.2, 0.25) is 0 Å². The van der Waals surface area contributed by atoms with Crippen LogP contribution in [-0.4, -0.2) is 22.8 Å². The van der Waals surface area contributed by atoms with Gasteiger partial charge in [0.2, 0.25) is 0 Å². The molecule has 1 rings (SSSR count). The average molecular weight is 316 g/mol. The van der Waals surface area contributed by atoms with Crippen molar-refractivity contribution in [3.63, 3.8) is 0 Å². The van der Waals surface area contributed by atoms with Gasteiger partial charge < -0.3 is 4.74 Å². The zero-order chi connectivity index (χ0) is 13.5. The molecule has 1 aromatic carbocycles. The number of carbonyl (C=O) groups excluding carboxylic acids is 1. The van der Waals surface area contributed by atoms with Crippen molar-refractivity contribution in [3.8, 4) is 0 Å². The predicted molar refractivity (Wildman–Crippen MR) is 71.2 cm³/mol. The van der Waals surface area contributed by atoms with E-state index in [1.165, 1.54) is 12.1 Å². The number of halogens is 1. The highest BCUT2D eigenvalue weighted by Crippen LogP contribution is 2.24. The van der Waals surface area contributed by atoms with Crippen molar-refractivity contribution >= 4 is 27.6 Å². The molecular weight excluding hydrogens is 302 g/mol. The van der Waals surface area contributed by atoms with Gasteiger partial charge in [0.1, 0.15) is 0 Å². The first-order chi connectivity index (χ1) is 8.61. The molecule has 0 aliphatic heterocycles. The smallest absolute Gasteiger partial charge is 0.338 e. The van der Waals surface area contributed by atoms with E-state index < -0.39 is 10.9 Å². The zero-order valence-corrected chi connectivity index (χ0v) is 11.6. The molecule has 0 amide bonds. The summed E-state index contributed by atoms with van der Waals surface area (Å²) in [6.07, 6.45) is 1.19. The van der Waals surface area contributed by atoms with Crippen molar-refractivity contribution in [3.05, 3.63) is 39.4 Å². The zero-order valence-electron chi connectivity index (χ0n) is 10.0. The molecule has 0 aliphatic rings. The summed E-state index contributed by atoms with van der Waals surface area (Å²) in [4.78, 5) is 22.2. The fraction of sp³-hybridized carbons (Fsp3) is 0.417. The predicted octanol–water partition coefficient (Wildman–Crippen LogP) is 3.10. The SMILES string of the molecule is CCOC(=O)c1cccc([N+](=O)[O-])c1CCCBr. The van der Waals surface area contributed by atoms with E-state index in [0.29, 0.717) is 12.0 Å². The Morgan fingerprint density at radius 3 is 2.78 bits per heavy atom. The Hall–Kier alpha value is -1.43. The summed E-state index contributed by atoms with van der Waals surface area (Å²) in [5.41, 5.74) is 0.703. The molecule has 0 bridgehead atoms. The molecule has 0 N–H and O–H groups in total. The first-order valence-corrected chi connectivity index (χ1v) is 6.73. The van der Waals surface area contributed by atoms with Crippen LogP contribution >= 0.6 is 15.9 Å². The third kappa shape index (κ3) is 3.53. The van der Waals surface area contributed by atoms with Gasteiger partial charge in [0.25, 0.3) is 5.69 Å². The second-order valence-electron chi connectivity index (χ2n) is 3.57. The second kappa shape index (κ2) is 7.10. The van der Waals surface area contributed by atoms with Crippen LogP contribution in [0.4, 0.5) is 5.69 Å². The Bertz CT molecular complexity index is 448. The van der Waals surface area contributed by atoms with Crippen LogP contribution in [0, 0.1) is 10.1 Å². The van der Waals surface area contributed by atoms with Gasteiger partial charge in [-0.05, 0) is 25.8 Å². The number of nitrogens with zero attached hydrogens (tertiary/aromatic N) is 1. The largest absolute Gasteiger partial charge is 0.462 e. The number of hydrogen-bond acceptors (Lipinski definition) is 4. The van der Waals surface area contributed by atoms with Crippen molar-refractivity contribution < 1.29 is 14.5 Å². The lowest BCUT2D eigenvalue weighted by molar-refractivity contribution is -0.385. The summed E-state index contributed by atoms with van der Waals surface area (Å²) in [6, 6.07) is 4.48. The molecule has 0 unspecified atom stereocenters. The summed E-state index contributed by atoms with van der Waals surface area (Å²) in [5, 5.41) is 11.7. The lowest BCUT2D eigenvalue weighted by atomic mass is 10.0. The third-order valence-corrected chi connectivity index (χ3v) is 2.96. The fourth-order valence-electron chi connectivity index (χ4n) is 1.65. The van der Waals surface area contributed by atoms with Crippen LogP contribution in [0.15, 0.2) is 18.2 Å². The van der Waals surface area contributed by atoms with Crippen molar-refractivity contribution in [2.75, 3.05) is 11.9 Å². The number of alkyl halides is 1. The molecule has 0 aliphatic carbocycles. The van der Waals surface area contributed by atoms with E-state index in [2.05, 4.69) is 15.9 Å². The molecule has 0 heterocycles. The Morgan fingerprint density at radius 2 is 2.22 bits per heavy atom. The van der Waals surface area contributed by atoms with Gasteiger partial charge >= 0.3 is 5.97 Å². The molecule has 1 aromatic rings. The molecule has 0 fully saturated rings. The molecular formula is C12H14BrNO4. The standard InChI is InChI=1S/C12H14BrNO4/c1-2-18-12(15)10-5-3-7-11(14(16)17)9(10)6-4-8-13/h3,5,7H,2,4,6,8H2,1H3. The molecule has 0 atom stereocenters. The van der Waals surface area contributed by atoms with Gasteiger partial charge in [-0.2, -0.15) is 0 Å².